The zero-order chi connectivity index (χ0) is 25.7. The van der Waals surface area contributed by atoms with Crippen LogP contribution in [0.25, 0.3) is 0 Å². The van der Waals surface area contributed by atoms with E-state index in [4.69, 9.17) is 18.9 Å². The van der Waals surface area contributed by atoms with Gasteiger partial charge in [-0.3, -0.25) is 19.7 Å². The van der Waals surface area contributed by atoms with Crippen LogP contribution in [-0.4, -0.2) is 99.0 Å². The van der Waals surface area contributed by atoms with Crippen LogP contribution in [0.1, 0.15) is 36.5 Å². The number of carbonyl (C=O) groups is 2. The van der Waals surface area contributed by atoms with Crippen LogP contribution < -0.4 is 4.74 Å². The van der Waals surface area contributed by atoms with Gasteiger partial charge in [0.1, 0.15) is 18.5 Å². The third kappa shape index (κ3) is 6.28. The third-order valence-electron chi connectivity index (χ3n) is 6.88. The molecule has 0 spiro atoms. The molecule has 2 amide bonds. The highest BCUT2D eigenvalue weighted by Gasteiger charge is 2.34. The molecule has 11 heteroatoms. The summed E-state index contributed by atoms with van der Waals surface area (Å²) in [7, 11) is 6.43. The van der Waals surface area contributed by atoms with Crippen LogP contribution in [0.2, 0.25) is 0 Å². The van der Waals surface area contributed by atoms with E-state index < -0.39 is 22.9 Å². The molecule has 1 saturated heterocycles. The van der Waals surface area contributed by atoms with E-state index in [1.54, 1.807) is 33.0 Å². The zero-order valence-corrected chi connectivity index (χ0v) is 21.0. The number of carbonyl (C=O) groups excluding carboxylic acids is 2. The molecule has 0 aliphatic carbocycles. The standard InChI is InChI=1S/C24H35N3O8/c1-15-21(33-5)13-26(3)24(29)18-12-16(27(30)31)6-8-19(18)34-14-22-20(32-4)9-7-17(35-22)10-11-25(2)23(15)28/h6,8,12,15,17,20-22H,7,9-11,13-14H2,1-5H3/t15-,17-,20+,21+,22-/m0/s1. The van der Waals surface area contributed by atoms with Crippen LogP contribution in [0.15, 0.2) is 18.2 Å². The number of nitrogens with zero attached hydrogens (tertiary/aromatic N) is 3. The highest BCUT2D eigenvalue weighted by atomic mass is 16.6. The number of likely N-dealkylation sites (N-methyl/N-ethyl adjacent to an activating group) is 1. The van der Waals surface area contributed by atoms with Gasteiger partial charge < -0.3 is 28.7 Å². The summed E-state index contributed by atoms with van der Waals surface area (Å²) in [5.74, 6) is -0.854. The number of benzene rings is 1. The number of methoxy groups -OCH3 is 2. The van der Waals surface area contributed by atoms with Crippen LogP contribution in [-0.2, 0) is 19.0 Å². The van der Waals surface area contributed by atoms with Crippen molar-refractivity contribution in [3.05, 3.63) is 33.9 Å². The minimum Gasteiger partial charge on any atom is -0.490 e. The number of amides is 2. The van der Waals surface area contributed by atoms with E-state index in [2.05, 4.69) is 0 Å². The van der Waals surface area contributed by atoms with E-state index in [1.807, 2.05) is 0 Å². The molecular weight excluding hydrogens is 458 g/mol. The summed E-state index contributed by atoms with van der Waals surface area (Å²) in [6.07, 6.45) is 1.01. The summed E-state index contributed by atoms with van der Waals surface area (Å²) < 4.78 is 23.4. The van der Waals surface area contributed by atoms with E-state index in [1.165, 1.54) is 30.2 Å². The van der Waals surface area contributed by atoms with Crippen LogP contribution in [0.5, 0.6) is 5.75 Å². The van der Waals surface area contributed by atoms with Gasteiger partial charge in [-0.15, -0.1) is 0 Å². The lowest BCUT2D eigenvalue weighted by Gasteiger charge is -2.37. The predicted molar refractivity (Wildman–Crippen MR) is 126 cm³/mol. The van der Waals surface area contributed by atoms with Crippen LogP contribution in [0.3, 0.4) is 0 Å². The maximum absolute atomic E-state index is 13.4. The SMILES string of the molecule is CO[C@@H]1CC[C@H]2CCN(C)C(=O)[C@@H](C)[C@H](OC)CN(C)C(=O)c3cc([N+](=O)[O-])ccc3OC[C@@H]1O2. The van der Waals surface area contributed by atoms with Gasteiger partial charge in [-0.25, -0.2) is 0 Å². The lowest BCUT2D eigenvalue weighted by Crippen LogP contribution is -2.47. The normalized spacial score (nSPS) is 28.9. The number of fused-ring (bicyclic) bond motifs is 3. The number of rotatable bonds is 3. The number of non-ortho nitro benzene ring substituents is 1. The molecule has 0 aromatic heterocycles. The highest BCUT2D eigenvalue weighted by Crippen LogP contribution is 2.29. The molecule has 3 rings (SSSR count). The fraction of sp³-hybridized carbons (Fsp3) is 0.667. The van der Waals surface area contributed by atoms with Crippen molar-refractivity contribution < 1.29 is 33.5 Å². The molecule has 1 aromatic rings. The second-order valence-corrected chi connectivity index (χ2v) is 9.19. The topological polar surface area (TPSA) is 121 Å². The fourth-order valence-corrected chi connectivity index (χ4v) is 4.61. The molecule has 11 nitrogen and oxygen atoms in total. The van der Waals surface area contributed by atoms with Crippen molar-refractivity contribution in [1.82, 2.24) is 9.80 Å². The summed E-state index contributed by atoms with van der Waals surface area (Å²) in [4.78, 5) is 40.3. The van der Waals surface area contributed by atoms with Crippen LogP contribution in [0.4, 0.5) is 5.69 Å². The largest absolute Gasteiger partial charge is 0.490 e. The molecule has 2 bridgehead atoms. The van der Waals surface area contributed by atoms with Crippen molar-refractivity contribution in [3.63, 3.8) is 0 Å². The number of nitro benzene ring substituents is 1. The highest BCUT2D eigenvalue weighted by molar-refractivity contribution is 5.97. The molecule has 35 heavy (non-hydrogen) atoms. The molecule has 1 aromatic carbocycles. The molecule has 2 aliphatic heterocycles. The molecule has 194 valence electrons. The lowest BCUT2D eigenvalue weighted by atomic mass is 9.98. The first-order valence-electron chi connectivity index (χ1n) is 11.8. The van der Waals surface area contributed by atoms with Crippen molar-refractivity contribution in [3.8, 4) is 5.75 Å². The van der Waals surface area contributed by atoms with Crippen LogP contribution >= 0.6 is 0 Å². The lowest BCUT2D eigenvalue weighted by molar-refractivity contribution is -0.384. The molecule has 5 atom stereocenters. The molecule has 2 aliphatic rings. The monoisotopic (exact) mass is 493 g/mol. The van der Waals surface area contributed by atoms with E-state index in [9.17, 15) is 19.7 Å². The Labute approximate surface area is 205 Å². The predicted octanol–water partition coefficient (Wildman–Crippen LogP) is 2.12. The van der Waals surface area contributed by atoms with Crippen LogP contribution in [0, 0.1) is 16.0 Å². The number of ether oxygens (including phenoxy) is 4. The first-order valence-corrected chi connectivity index (χ1v) is 11.8. The van der Waals surface area contributed by atoms with E-state index >= 15 is 0 Å². The number of hydrogen-bond acceptors (Lipinski definition) is 8. The molecule has 2 heterocycles. The van der Waals surface area contributed by atoms with Gasteiger partial charge in [0.05, 0.1) is 34.7 Å². The summed E-state index contributed by atoms with van der Waals surface area (Å²) in [5.41, 5.74) is -0.165. The molecule has 0 radical (unpaired) electrons. The average Bonchev–Trinajstić information content (AvgIpc) is 2.86. The van der Waals surface area contributed by atoms with E-state index in [-0.39, 0.29) is 54.4 Å². The maximum Gasteiger partial charge on any atom is 0.270 e. The van der Waals surface area contributed by atoms with Crippen molar-refractivity contribution in [2.75, 3.05) is 48.0 Å². The Morgan fingerprint density at radius 1 is 1.06 bits per heavy atom. The first-order chi connectivity index (χ1) is 16.7. The van der Waals surface area contributed by atoms with Crippen molar-refractivity contribution >= 4 is 17.5 Å². The minimum absolute atomic E-state index is 0.0565. The molecule has 1 fully saturated rings. The van der Waals surface area contributed by atoms with Crippen molar-refractivity contribution in [1.29, 1.82) is 0 Å². The molecule has 0 unspecified atom stereocenters. The number of hydrogen-bond donors (Lipinski definition) is 0. The Morgan fingerprint density at radius 2 is 1.77 bits per heavy atom. The molecule has 0 saturated carbocycles. The van der Waals surface area contributed by atoms with Gasteiger partial charge in [0.2, 0.25) is 5.91 Å². The Morgan fingerprint density at radius 3 is 2.43 bits per heavy atom. The summed E-state index contributed by atoms with van der Waals surface area (Å²) in [6.45, 7) is 2.53. The van der Waals surface area contributed by atoms with Crippen molar-refractivity contribution in [2.45, 2.75) is 50.6 Å². The van der Waals surface area contributed by atoms with Gasteiger partial charge in [0.25, 0.3) is 11.6 Å². The first kappa shape index (κ1) is 26.8. The second kappa shape index (κ2) is 11.8. The summed E-state index contributed by atoms with van der Waals surface area (Å²) in [5, 5.41) is 11.4. The second-order valence-electron chi connectivity index (χ2n) is 9.19. The molecular formula is C24H35N3O8. The smallest absolute Gasteiger partial charge is 0.270 e. The Hall–Kier alpha value is -2.76. The van der Waals surface area contributed by atoms with Crippen molar-refractivity contribution in [2.24, 2.45) is 5.92 Å². The summed E-state index contributed by atoms with van der Waals surface area (Å²) in [6, 6.07) is 3.94. The Bertz CT molecular complexity index is 926. The quantitative estimate of drug-likeness (QED) is 0.464. The maximum atomic E-state index is 13.4. The van der Waals surface area contributed by atoms with Gasteiger partial charge in [-0.1, -0.05) is 6.92 Å². The van der Waals surface area contributed by atoms with Gasteiger partial charge in [0.15, 0.2) is 0 Å². The van der Waals surface area contributed by atoms with E-state index in [0.29, 0.717) is 13.0 Å². The van der Waals surface area contributed by atoms with Gasteiger partial charge in [0, 0.05) is 53.5 Å². The Balaban J connectivity index is 1.98. The number of nitro groups is 1. The fourth-order valence-electron chi connectivity index (χ4n) is 4.61. The van der Waals surface area contributed by atoms with Gasteiger partial charge in [-0.2, -0.15) is 0 Å². The van der Waals surface area contributed by atoms with Gasteiger partial charge in [-0.05, 0) is 25.3 Å². The molecule has 0 N–H and O–H groups in total. The van der Waals surface area contributed by atoms with Gasteiger partial charge >= 0.3 is 0 Å². The minimum atomic E-state index is -0.562. The zero-order valence-electron chi connectivity index (χ0n) is 21.0. The van der Waals surface area contributed by atoms with E-state index in [0.717, 1.165) is 12.8 Å². The Kier molecular flexibility index (Phi) is 9.03. The average molecular weight is 494 g/mol. The summed E-state index contributed by atoms with van der Waals surface area (Å²) >= 11 is 0. The third-order valence-corrected chi connectivity index (χ3v) is 6.88.